The standard InChI is InChI=1S/C22H25N3O/c1-3-11-19-18(4-2)21(26)25(22(23)24-19)20(16-12-7-5-8-13-16)17-14-9-6-10-15-17/h5-10,12-15,20H,3-4,11H2,1-2H3,(H2,23,24). The molecule has 2 aromatic carbocycles. The van der Waals surface area contributed by atoms with Crippen molar-refractivity contribution in [2.24, 2.45) is 0 Å². The number of hydrogen-bond acceptors (Lipinski definition) is 3. The van der Waals surface area contributed by atoms with Crippen LogP contribution >= 0.6 is 0 Å². The molecule has 0 aliphatic rings. The molecule has 0 saturated heterocycles. The maximum Gasteiger partial charge on any atom is 0.259 e. The van der Waals surface area contributed by atoms with Gasteiger partial charge in [-0.15, -0.1) is 0 Å². The van der Waals surface area contributed by atoms with Crippen LogP contribution in [0.1, 0.15) is 48.7 Å². The Morgan fingerprint density at radius 2 is 1.50 bits per heavy atom. The first-order valence-electron chi connectivity index (χ1n) is 9.17. The van der Waals surface area contributed by atoms with Gasteiger partial charge in [-0.2, -0.15) is 0 Å². The third-order valence-corrected chi connectivity index (χ3v) is 4.65. The van der Waals surface area contributed by atoms with Crippen molar-refractivity contribution >= 4 is 5.95 Å². The van der Waals surface area contributed by atoms with E-state index in [4.69, 9.17) is 5.73 Å². The number of nitrogens with zero attached hydrogens (tertiary/aromatic N) is 2. The quantitative estimate of drug-likeness (QED) is 0.734. The molecular formula is C22H25N3O. The van der Waals surface area contributed by atoms with Crippen LogP contribution in [0, 0.1) is 0 Å². The lowest BCUT2D eigenvalue weighted by Crippen LogP contribution is -2.33. The second-order valence-corrected chi connectivity index (χ2v) is 6.40. The van der Waals surface area contributed by atoms with Crippen LogP contribution in [0.4, 0.5) is 5.95 Å². The molecule has 0 atom stereocenters. The van der Waals surface area contributed by atoms with Gasteiger partial charge in [-0.1, -0.05) is 80.9 Å². The van der Waals surface area contributed by atoms with Crippen LogP contribution in [-0.2, 0) is 12.8 Å². The summed E-state index contributed by atoms with van der Waals surface area (Å²) in [5.41, 5.74) is 9.88. The minimum Gasteiger partial charge on any atom is -0.369 e. The van der Waals surface area contributed by atoms with Gasteiger partial charge in [0, 0.05) is 5.56 Å². The lowest BCUT2D eigenvalue weighted by Gasteiger charge is -2.24. The minimum absolute atomic E-state index is 0.0406. The molecule has 3 aromatic rings. The Balaban J connectivity index is 2.27. The fourth-order valence-electron chi connectivity index (χ4n) is 3.44. The van der Waals surface area contributed by atoms with Gasteiger partial charge in [-0.05, 0) is 24.0 Å². The summed E-state index contributed by atoms with van der Waals surface area (Å²) >= 11 is 0. The zero-order valence-corrected chi connectivity index (χ0v) is 15.4. The highest BCUT2D eigenvalue weighted by Gasteiger charge is 2.23. The predicted molar refractivity (Wildman–Crippen MR) is 106 cm³/mol. The first-order valence-corrected chi connectivity index (χ1v) is 9.17. The third kappa shape index (κ3) is 3.40. The maximum atomic E-state index is 13.3. The Kier molecular flexibility index (Phi) is 5.52. The summed E-state index contributed by atoms with van der Waals surface area (Å²) in [6.07, 6.45) is 2.35. The van der Waals surface area contributed by atoms with E-state index in [9.17, 15) is 4.79 Å². The van der Waals surface area contributed by atoms with Crippen molar-refractivity contribution in [2.75, 3.05) is 5.73 Å². The summed E-state index contributed by atoms with van der Waals surface area (Å²) < 4.78 is 1.64. The van der Waals surface area contributed by atoms with Crippen LogP contribution in [0.3, 0.4) is 0 Å². The van der Waals surface area contributed by atoms with E-state index in [-0.39, 0.29) is 17.5 Å². The monoisotopic (exact) mass is 347 g/mol. The Morgan fingerprint density at radius 1 is 0.962 bits per heavy atom. The Morgan fingerprint density at radius 3 is 1.96 bits per heavy atom. The summed E-state index contributed by atoms with van der Waals surface area (Å²) in [4.78, 5) is 18.0. The van der Waals surface area contributed by atoms with Crippen LogP contribution in [0.5, 0.6) is 0 Å². The minimum atomic E-state index is -0.293. The van der Waals surface area contributed by atoms with Crippen molar-refractivity contribution in [3.05, 3.63) is 93.4 Å². The number of anilines is 1. The molecule has 0 aliphatic carbocycles. The van der Waals surface area contributed by atoms with Gasteiger partial charge >= 0.3 is 0 Å². The molecule has 0 aliphatic heterocycles. The van der Waals surface area contributed by atoms with Gasteiger partial charge < -0.3 is 5.73 Å². The van der Waals surface area contributed by atoms with Gasteiger partial charge in [-0.3, -0.25) is 9.36 Å². The number of aromatic nitrogens is 2. The number of nitrogen functional groups attached to an aromatic ring is 1. The molecular weight excluding hydrogens is 322 g/mol. The van der Waals surface area contributed by atoms with Gasteiger partial charge in [0.15, 0.2) is 0 Å². The van der Waals surface area contributed by atoms with E-state index >= 15 is 0 Å². The molecule has 4 heteroatoms. The first-order chi connectivity index (χ1) is 12.7. The topological polar surface area (TPSA) is 60.9 Å². The highest BCUT2D eigenvalue weighted by molar-refractivity contribution is 5.38. The molecule has 0 fully saturated rings. The molecule has 1 aromatic heterocycles. The average Bonchev–Trinajstić information content (AvgIpc) is 2.67. The van der Waals surface area contributed by atoms with Gasteiger partial charge in [-0.25, -0.2) is 4.98 Å². The molecule has 1 heterocycles. The van der Waals surface area contributed by atoms with E-state index in [1.165, 1.54) is 0 Å². The second kappa shape index (κ2) is 8.00. The van der Waals surface area contributed by atoms with Crippen molar-refractivity contribution in [2.45, 2.75) is 39.2 Å². The van der Waals surface area contributed by atoms with E-state index in [1.54, 1.807) is 4.57 Å². The molecule has 0 bridgehead atoms. The first kappa shape index (κ1) is 17.9. The smallest absolute Gasteiger partial charge is 0.259 e. The van der Waals surface area contributed by atoms with E-state index < -0.39 is 0 Å². The molecule has 3 rings (SSSR count). The molecule has 0 spiro atoms. The molecule has 134 valence electrons. The lowest BCUT2D eigenvalue weighted by molar-refractivity contribution is 0.631. The second-order valence-electron chi connectivity index (χ2n) is 6.40. The number of hydrogen-bond donors (Lipinski definition) is 1. The molecule has 0 amide bonds. The van der Waals surface area contributed by atoms with E-state index in [1.807, 2.05) is 67.6 Å². The molecule has 4 nitrogen and oxygen atoms in total. The Hall–Kier alpha value is -2.88. The summed E-state index contributed by atoms with van der Waals surface area (Å²) in [6.45, 7) is 4.08. The summed E-state index contributed by atoms with van der Waals surface area (Å²) in [5.74, 6) is 0.272. The number of nitrogens with two attached hydrogens (primary N) is 1. The third-order valence-electron chi connectivity index (χ3n) is 4.65. The van der Waals surface area contributed by atoms with E-state index in [0.717, 1.165) is 35.2 Å². The molecule has 0 unspecified atom stereocenters. The van der Waals surface area contributed by atoms with Gasteiger partial charge in [0.05, 0.1) is 11.7 Å². The van der Waals surface area contributed by atoms with Crippen molar-refractivity contribution in [3.63, 3.8) is 0 Å². The fourth-order valence-corrected chi connectivity index (χ4v) is 3.44. The molecule has 0 radical (unpaired) electrons. The maximum absolute atomic E-state index is 13.3. The van der Waals surface area contributed by atoms with Crippen LogP contribution in [0.2, 0.25) is 0 Å². The normalized spacial score (nSPS) is 11.0. The van der Waals surface area contributed by atoms with Crippen molar-refractivity contribution < 1.29 is 0 Å². The van der Waals surface area contributed by atoms with Crippen LogP contribution in [0.25, 0.3) is 0 Å². The molecule has 26 heavy (non-hydrogen) atoms. The molecule has 2 N–H and O–H groups in total. The van der Waals surface area contributed by atoms with Gasteiger partial charge in [0.25, 0.3) is 5.56 Å². The number of aryl methyl sites for hydroxylation is 1. The largest absolute Gasteiger partial charge is 0.369 e. The van der Waals surface area contributed by atoms with Gasteiger partial charge in [0.2, 0.25) is 5.95 Å². The fraction of sp³-hybridized carbons (Fsp3) is 0.273. The van der Waals surface area contributed by atoms with Crippen molar-refractivity contribution in [3.8, 4) is 0 Å². The highest BCUT2D eigenvalue weighted by atomic mass is 16.1. The zero-order valence-electron chi connectivity index (χ0n) is 15.4. The van der Waals surface area contributed by atoms with Crippen LogP contribution < -0.4 is 11.3 Å². The average molecular weight is 347 g/mol. The van der Waals surface area contributed by atoms with E-state index in [2.05, 4.69) is 11.9 Å². The van der Waals surface area contributed by atoms with E-state index in [0.29, 0.717) is 6.42 Å². The Labute approximate surface area is 154 Å². The lowest BCUT2D eigenvalue weighted by atomic mass is 9.98. The Bertz CT molecular complexity index is 878. The number of benzene rings is 2. The summed E-state index contributed by atoms with van der Waals surface area (Å²) in [5, 5.41) is 0. The summed E-state index contributed by atoms with van der Waals surface area (Å²) in [7, 11) is 0. The molecule has 0 saturated carbocycles. The van der Waals surface area contributed by atoms with Gasteiger partial charge in [0.1, 0.15) is 0 Å². The highest BCUT2D eigenvalue weighted by Crippen LogP contribution is 2.27. The summed E-state index contributed by atoms with van der Waals surface area (Å²) in [6, 6.07) is 19.7. The number of rotatable bonds is 6. The van der Waals surface area contributed by atoms with Crippen LogP contribution in [0.15, 0.2) is 65.5 Å². The van der Waals surface area contributed by atoms with Crippen molar-refractivity contribution in [1.29, 1.82) is 0 Å². The zero-order chi connectivity index (χ0) is 18.5. The van der Waals surface area contributed by atoms with Crippen molar-refractivity contribution in [1.82, 2.24) is 9.55 Å². The SMILES string of the molecule is CCCc1nc(N)n(C(c2ccccc2)c2ccccc2)c(=O)c1CC. The predicted octanol–water partition coefficient (Wildman–Crippen LogP) is 3.98. The van der Waals surface area contributed by atoms with Crippen LogP contribution in [-0.4, -0.2) is 9.55 Å².